The van der Waals surface area contributed by atoms with Crippen molar-refractivity contribution < 1.29 is 0 Å². The predicted molar refractivity (Wildman–Crippen MR) is 63.9 cm³/mol. The summed E-state index contributed by atoms with van der Waals surface area (Å²) in [7, 11) is 0. The molecule has 0 spiro atoms. The fourth-order valence-electron chi connectivity index (χ4n) is 1.87. The monoisotopic (exact) mass is 205 g/mol. The van der Waals surface area contributed by atoms with E-state index >= 15 is 0 Å². The van der Waals surface area contributed by atoms with Gasteiger partial charge in [0.15, 0.2) is 0 Å². The Morgan fingerprint density at radius 1 is 1.53 bits per heavy atom. The molecule has 0 saturated heterocycles. The van der Waals surface area contributed by atoms with Gasteiger partial charge in [0.05, 0.1) is 5.69 Å². The van der Waals surface area contributed by atoms with Crippen molar-refractivity contribution in [3.63, 3.8) is 0 Å². The highest BCUT2D eigenvalue weighted by Crippen LogP contribution is 2.32. The maximum absolute atomic E-state index is 5.90. The minimum Gasteiger partial charge on any atom is -0.382 e. The van der Waals surface area contributed by atoms with Gasteiger partial charge in [0, 0.05) is 19.3 Å². The SMILES string of the molecule is CCCN(CC1CC1)c1cccnc1N. The van der Waals surface area contributed by atoms with Crippen molar-refractivity contribution in [1.29, 1.82) is 0 Å². The molecule has 0 unspecified atom stereocenters. The number of aromatic nitrogens is 1. The fraction of sp³-hybridized carbons (Fsp3) is 0.583. The Morgan fingerprint density at radius 3 is 2.93 bits per heavy atom. The van der Waals surface area contributed by atoms with Gasteiger partial charge in [-0.15, -0.1) is 0 Å². The van der Waals surface area contributed by atoms with Crippen LogP contribution >= 0.6 is 0 Å². The van der Waals surface area contributed by atoms with Crippen LogP contribution in [0, 0.1) is 5.92 Å². The van der Waals surface area contributed by atoms with Gasteiger partial charge in [-0.2, -0.15) is 0 Å². The van der Waals surface area contributed by atoms with Gasteiger partial charge in [0.2, 0.25) is 0 Å². The van der Waals surface area contributed by atoms with Crippen LogP contribution in [0.5, 0.6) is 0 Å². The Labute approximate surface area is 91.3 Å². The molecule has 0 bridgehead atoms. The molecule has 3 heteroatoms. The molecule has 1 heterocycles. The zero-order valence-electron chi connectivity index (χ0n) is 9.32. The molecule has 0 aromatic carbocycles. The van der Waals surface area contributed by atoms with Crippen LogP contribution in [0.25, 0.3) is 0 Å². The van der Waals surface area contributed by atoms with Gasteiger partial charge in [-0.1, -0.05) is 6.92 Å². The number of hydrogen-bond donors (Lipinski definition) is 1. The molecule has 1 fully saturated rings. The lowest BCUT2D eigenvalue weighted by atomic mass is 10.2. The summed E-state index contributed by atoms with van der Waals surface area (Å²) in [5.74, 6) is 1.54. The second kappa shape index (κ2) is 4.51. The largest absolute Gasteiger partial charge is 0.382 e. The highest BCUT2D eigenvalue weighted by Gasteiger charge is 2.24. The lowest BCUT2D eigenvalue weighted by Crippen LogP contribution is -2.27. The number of pyridine rings is 1. The fourth-order valence-corrected chi connectivity index (χ4v) is 1.87. The van der Waals surface area contributed by atoms with Crippen molar-refractivity contribution in [2.45, 2.75) is 26.2 Å². The molecule has 1 aromatic heterocycles. The zero-order valence-corrected chi connectivity index (χ0v) is 9.32. The maximum Gasteiger partial charge on any atom is 0.146 e. The summed E-state index contributed by atoms with van der Waals surface area (Å²) >= 11 is 0. The highest BCUT2D eigenvalue weighted by atomic mass is 15.2. The van der Waals surface area contributed by atoms with E-state index in [-0.39, 0.29) is 0 Å². The smallest absolute Gasteiger partial charge is 0.146 e. The number of rotatable bonds is 5. The van der Waals surface area contributed by atoms with Crippen LogP contribution in [-0.4, -0.2) is 18.1 Å². The molecule has 0 aliphatic heterocycles. The van der Waals surface area contributed by atoms with Gasteiger partial charge in [0.25, 0.3) is 0 Å². The van der Waals surface area contributed by atoms with Crippen LogP contribution in [0.1, 0.15) is 26.2 Å². The Morgan fingerprint density at radius 2 is 2.33 bits per heavy atom. The molecule has 1 aromatic rings. The van der Waals surface area contributed by atoms with Crippen molar-refractivity contribution in [3.05, 3.63) is 18.3 Å². The summed E-state index contributed by atoms with van der Waals surface area (Å²) in [6, 6.07) is 4.03. The third-order valence-corrected chi connectivity index (χ3v) is 2.83. The van der Waals surface area contributed by atoms with Gasteiger partial charge >= 0.3 is 0 Å². The first kappa shape index (κ1) is 10.3. The number of nitrogens with zero attached hydrogens (tertiary/aromatic N) is 2. The standard InChI is InChI=1S/C12H19N3/c1-2-8-15(9-10-5-6-10)11-4-3-7-14-12(11)13/h3-4,7,10H,2,5-6,8-9H2,1H3,(H2,13,14). The first-order valence-electron chi connectivity index (χ1n) is 5.76. The molecule has 15 heavy (non-hydrogen) atoms. The molecule has 1 aliphatic rings. The van der Waals surface area contributed by atoms with Gasteiger partial charge < -0.3 is 10.6 Å². The zero-order chi connectivity index (χ0) is 10.7. The van der Waals surface area contributed by atoms with Crippen molar-refractivity contribution in [1.82, 2.24) is 4.98 Å². The molecule has 0 radical (unpaired) electrons. The summed E-state index contributed by atoms with van der Waals surface area (Å²) in [5, 5.41) is 0. The average molecular weight is 205 g/mol. The first-order valence-corrected chi connectivity index (χ1v) is 5.76. The normalized spacial score (nSPS) is 15.3. The van der Waals surface area contributed by atoms with Crippen molar-refractivity contribution in [2.75, 3.05) is 23.7 Å². The van der Waals surface area contributed by atoms with E-state index in [1.54, 1.807) is 6.20 Å². The number of nitrogen functional groups attached to an aromatic ring is 1. The topological polar surface area (TPSA) is 42.2 Å². The third-order valence-electron chi connectivity index (χ3n) is 2.83. The van der Waals surface area contributed by atoms with Crippen LogP contribution < -0.4 is 10.6 Å². The summed E-state index contributed by atoms with van der Waals surface area (Å²) in [6.07, 6.45) is 5.65. The summed E-state index contributed by atoms with van der Waals surface area (Å²) in [4.78, 5) is 6.52. The molecule has 3 nitrogen and oxygen atoms in total. The Kier molecular flexibility index (Phi) is 3.09. The highest BCUT2D eigenvalue weighted by molar-refractivity contribution is 5.62. The van der Waals surface area contributed by atoms with Gasteiger partial charge in [-0.3, -0.25) is 0 Å². The van der Waals surface area contributed by atoms with E-state index in [1.165, 1.54) is 12.8 Å². The van der Waals surface area contributed by atoms with Crippen LogP contribution in [0.2, 0.25) is 0 Å². The Hall–Kier alpha value is -1.25. The summed E-state index contributed by atoms with van der Waals surface area (Å²) in [5.41, 5.74) is 7.00. The van der Waals surface area contributed by atoms with E-state index in [0.29, 0.717) is 5.82 Å². The summed E-state index contributed by atoms with van der Waals surface area (Å²) in [6.45, 7) is 4.42. The van der Waals surface area contributed by atoms with E-state index < -0.39 is 0 Å². The van der Waals surface area contributed by atoms with Crippen LogP contribution in [-0.2, 0) is 0 Å². The Balaban J connectivity index is 2.11. The van der Waals surface area contributed by atoms with Crippen LogP contribution in [0.4, 0.5) is 11.5 Å². The molecule has 1 saturated carbocycles. The molecule has 82 valence electrons. The van der Waals surface area contributed by atoms with Crippen LogP contribution in [0.15, 0.2) is 18.3 Å². The lowest BCUT2D eigenvalue weighted by Gasteiger charge is -2.24. The van der Waals surface area contributed by atoms with E-state index in [1.807, 2.05) is 6.07 Å². The van der Waals surface area contributed by atoms with E-state index in [0.717, 1.165) is 31.1 Å². The first-order chi connectivity index (χ1) is 7.31. The second-order valence-corrected chi connectivity index (χ2v) is 4.30. The van der Waals surface area contributed by atoms with E-state index in [9.17, 15) is 0 Å². The quantitative estimate of drug-likeness (QED) is 0.802. The molecule has 0 amide bonds. The molecular formula is C12H19N3. The molecule has 0 atom stereocenters. The van der Waals surface area contributed by atoms with Gasteiger partial charge in [0.1, 0.15) is 5.82 Å². The molecule has 2 rings (SSSR count). The minimum absolute atomic E-state index is 0.659. The minimum atomic E-state index is 0.659. The third kappa shape index (κ3) is 2.61. The lowest BCUT2D eigenvalue weighted by molar-refractivity contribution is 0.708. The van der Waals surface area contributed by atoms with E-state index in [4.69, 9.17) is 5.73 Å². The Bertz CT molecular complexity index is 320. The maximum atomic E-state index is 5.90. The van der Waals surface area contributed by atoms with Crippen molar-refractivity contribution in [2.24, 2.45) is 5.92 Å². The van der Waals surface area contributed by atoms with Gasteiger partial charge in [-0.05, 0) is 37.3 Å². The molecule has 1 aliphatic carbocycles. The average Bonchev–Trinajstić information content (AvgIpc) is 3.02. The van der Waals surface area contributed by atoms with Gasteiger partial charge in [-0.25, -0.2) is 4.98 Å². The summed E-state index contributed by atoms with van der Waals surface area (Å²) < 4.78 is 0. The predicted octanol–water partition coefficient (Wildman–Crippen LogP) is 2.29. The number of nitrogens with two attached hydrogens (primary N) is 1. The van der Waals surface area contributed by atoms with Crippen LogP contribution in [0.3, 0.4) is 0 Å². The van der Waals surface area contributed by atoms with Crippen molar-refractivity contribution in [3.8, 4) is 0 Å². The van der Waals surface area contributed by atoms with Crippen molar-refractivity contribution >= 4 is 11.5 Å². The number of hydrogen-bond acceptors (Lipinski definition) is 3. The number of anilines is 2. The molecule has 2 N–H and O–H groups in total. The second-order valence-electron chi connectivity index (χ2n) is 4.30. The molecular weight excluding hydrogens is 186 g/mol. The van der Waals surface area contributed by atoms with E-state index in [2.05, 4.69) is 22.9 Å².